The van der Waals surface area contributed by atoms with Crippen LogP contribution in [0.3, 0.4) is 0 Å². The zero-order valence-corrected chi connectivity index (χ0v) is 14.6. The summed E-state index contributed by atoms with van der Waals surface area (Å²) in [6, 6.07) is 7.25. The van der Waals surface area contributed by atoms with Crippen LogP contribution in [0.1, 0.15) is 37.4 Å². The average Bonchev–Trinajstić information content (AvgIpc) is 3.25. The van der Waals surface area contributed by atoms with E-state index in [1.54, 1.807) is 24.3 Å². The molecule has 6 nitrogen and oxygen atoms in total. The third-order valence-electron chi connectivity index (χ3n) is 4.75. The number of nitrogens with zero attached hydrogens (tertiary/aromatic N) is 3. The molecule has 0 bridgehead atoms. The van der Waals surface area contributed by atoms with Gasteiger partial charge in [0.05, 0.1) is 16.6 Å². The molecule has 1 aliphatic carbocycles. The summed E-state index contributed by atoms with van der Waals surface area (Å²) in [5.74, 6) is 0.747. The van der Waals surface area contributed by atoms with Gasteiger partial charge in [0.25, 0.3) is 0 Å². The zero-order chi connectivity index (χ0) is 16.9. The highest BCUT2D eigenvalue weighted by atomic mass is 32.2. The van der Waals surface area contributed by atoms with Gasteiger partial charge in [0.1, 0.15) is 11.3 Å². The Labute approximate surface area is 140 Å². The second-order valence-electron chi connectivity index (χ2n) is 6.55. The van der Waals surface area contributed by atoms with Crippen LogP contribution >= 0.6 is 0 Å². The minimum Gasteiger partial charge on any atom is -0.335 e. The zero-order valence-electron chi connectivity index (χ0n) is 13.8. The van der Waals surface area contributed by atoms with Crippen molar-refractivity contribution in [2.75, 3.05) is 6.26 Å². The molecule has 0 aliphatic heterocycles. The second kappa shape index (κ2) is 5.44. The molecule has 0 radical (unpaired) electrons. The van der Waals surface area contributed by atoms with Crippen molar-refractivity contribution in [3.63, 3.8) is 0 Å². The molecule has 24 heavy (non-hydrogen) atoms. The molecule has 4 rings (SSSR count). The Morgan fingerprint density at radius 1 is 1.17 bits per heavy atom. The Morgan fingerprint density at radius 2 is 1.83 bits per heavy atom. The lowest BCUT2D eigenvalue weighted by Gasteiger charge is -2.09. The van der Waals surface area contributed by atoms with Crippen LogP contribution in [0.25, 0.3) is 22.6 Å². The van der Waals surface area contributed by atoms with Crippen LogP contribution in [0.4, 0.5) is 0 Å². The number of rotatable bonds is 3. The summed E-state index contributed by atoms with van der Waals surface area (Å²) < 4.78 is 25.2. The smallest absolute Gasteiger partial charge is 0.177 e. The van der Waals surface area contributed by atoms with Crippen molar-refractivity contribution in [3.05, 3.63) is 30.0 Å². The average molecular weight is 344 g/mol. The first-order valence-corrected chi connectivity index (χ1v) is 10.1. The maximum Gasteiger partial charge on any atom is 0.177 e. The molecule has 1 saturated carbocycles. The van der Waals surface area contributed by atoms with Crippen LogP contribution in [0, 0.1) is 6.92 Å². The number of aromatic nitrogens is 4. The van der Waals surface area contributed by atoms with Crippen molar-refractivity contribution < 1.29 is 8.42 Å². The first-order valence-electron chi connectivity index (χ1n) is 8.19. The number of aryl methyl sites for hydroxylation is 1. The Morgan fingerprint density at radius 3 is 2.46 bits per heavy atom. The van der Waals surface area contributed by atoms with Gasteiger partial charge in [-0.05, 0) is 44.0 Å². The second-order valence-corrected chi connectivity index (χ2v) is 8.56. The van der Waals surface area contributed by atoms with Crippen molar-refractivity contribution in [1.29, 1.82) is 0 Å². The maximum absolute atomic E-state index is 11.6. The predicted octanol–water partition coefficient (Wildman–Crippen LogP) is 3.25. The van der Waals surface area contributed by atoms with Crippen LogP contribution < -0.4 is 0 Å². The van der Waals surface area contributed by atoms with E-state index in [4.69, 9.17) is 4.98 Å². The van der Waals surface area contributed by atoms with E-state index in [-0.39, 0.29) is 0 Å². The first kappa shape index (κ1) is 15.4. The Balaban J connectivity index is 1.76. The van der Waals surface area contributed by atoms with Crippen molar-refractivity contribution in [2.45, 2.75) is 43.5 Å². The number of fused-ring (bicyclic) bond motifs is 1. The van der Waals surface area contributed by atoms with Crippen molar-refractivity contribution >= 4 is 21.0 Å². The molecule has 7 heteroatoms. The Hall–Kier alpha value is -2.15. The summed E-state index contributed by atoms with van der Waals surface area (Å²) >= 11 is 0. The number of aromatic amines is 1. The molecular weight excluding hydrogens is 324 g/mol. The summed E-state index contributed by atoms with van der Waals surface area (Å²) in [5.41, 5.74) is 3.67. The molecular formula is C17H20N4O2S. The SMILES string of the molecule is Cc1nn(C2CCCC2)c2nc(-c3ccc(S(C)(=O)=O)cc3)[nH]c12. The first-order chi connectivity index (χ1) is 11.4. The minimum atomic E-state index is -3.18. The van der Waals surface area contributed by atoms with Gasteiger partial charge in [0.15, 0.2) is 15.5 Å². The van der Waals surface area contributed by atoms with Crippen LogP contribution in [-0.2, 0) is 9.84 Å². The van der Waals surface area contributed by atoms with Gasteiger partial charge in [-0.2, -0.15) is 5.10 Å². The number of sulfone groups is 1. The van der Waals surface area contributed by atoms with Gasteiger partial charge in [-0.25, -0.2) is 18.1 Å². The number of nitrogens with one attached hydrogen (secondary N) is 1. The monoisotopic (exact) mass is 344 g/mol. The molecule has 2 aromatic heterocycles. The van der Waals surface area contributed by atoms with E-state index >= 15 is 0 Å². The lowest BCUT2D eigenvalue weighted by Crippen LogP contribution is -2.07. The standard InChI is InChI=1S/C17H20N4O2S/c1-11-15-17(21(20-11)13-5-3-4-6-13)19-16(18-15)12-7-9-14(10-8-12)24(2,22)23/h7-10,13H,3-6H2,1-2H3,(H,18,19). The number of hydrogen-bond donors (Lipinski definition) is 1. The fourth-order valence-electron chi connectivity index (χ4n) is 3.44. The van der Waals surface area contributed by atoms with E-state index in [1.807, 2.05) is 6.92 Å². The topological polar surface area (TPSA) is 80.6 Å². The molecule has 0 atom stereocenters. The van der Waals surface area contributed by atoms with Gasteiger partial charge in [0.2, 0.25) is 0 Å². The van der Waals surface area contributed by atoms with Gasteiger partial charge < -0.3 is 4.98 Å². The highest BCUT2D eigenvalue weighted by molar-refractivity contribution is 7.90. The van der Waals surface area contributed by atoms with E-state index in [2.05, 4.69) is 14.8 Å². The quantitative estimate of drug-likeness (QED) is 0.791. The van der Waals surface area contributed by atoms with Gasteiger partial charge in [-0.15, -0.1) is 0 Å². The predicted molar refractivity (Wildman–Crippen MR) is 92.7 cm³/mol. The van der Waals surface area contributed by atoms with Crippen LogP contribution in [0.5, 0.6) is 0 Å². The molecule has 0 amide bonds. The Bertz CT molecular complexity index is 993. The van der Waals surface area contributed by atoms with Crippen LogP contribution in [-0.4, -0.2) is 34.4 Å². The fourth-order valence-corrected chi connectivity index (χ4v) is 4.07. The molecule has 1 aliphatic rings. The van der Waals surface area contributed by atoms with Crippen molar-refractivity contribution in [3.8, 4) is 11.4 Å². The number of H-pyrrole nitrogens is 1. The number of benzene rings is 1. The summed E-state index contributed by atoms with van der Waals surface area (Å²) in [5, 5.41) is 4.66. The highest BCUT2D eigenvalue weighted by Crippen LogP contribution is 2.33. The lowest BCUT2D eigenvalue weighted by molar-refractivity contribution is 0.476. The molecule has 0 spiro atoms. The van der Waals surface area contributed by atoms with Crippen LogP contribution in [0.15, 0.2) is 29.2 Å². The summed E-state index contributed by atoms with van der Waals surface area (Å²) in [4.78, 5) is 8.39. The number of hydrogen-bond acceptors (Lipinski definition) is 4. The minimum absolute atomic E-state index is 0.315. The largest absolute Gasteiger partial charge is 0.335 e. The van der Waals surface area contributed by atoms with Gasteiger partial charge >= 0.3 is 0 Å². The third kappa shape index (κ3) is 2.53. The molecule has 126 valence electrons. The molecule has 1 aromatic carbocycles. The molecule has 0 unspecified atom stereocenters. The molecule has 3 aromatic rings. The molecule has 1 N–H and O–H groups in total. The van der Waals surface area contributed by atoms with E-state index in [0.717, 1.165) is 41.1 Å². The number of imidazole rings is 1. The third-order valence-corrected chi connectivity index (χ3v) is 5.88. The summed E-state index contributed by atoms with van der Waals surface area (Å²) in [6.07, 6.45) is 6.01. The van der Waals surface area contributed by atoms with E-state index in [9.17, 15) is 8.42 Å². The van der Waals surface area contributed by atoms with Gasteiger partial charge in [-0.3, -0.25) is 0 Å². The van der Waals surface area contributed by atoms with Crippen molar-refractivity contribution in [1.82, 2.24) is 19.7 Å². The van der Waals surface area contributed by atoms with E-state index in [0.29, 0.717) is 10.9 Å². The summed E-state index contributed by atoms with van der Waals surface area (Å²) in [7, 11) is -3.18. The highest BCUT2D eigenvalue weighted by Gasteiger charge is 2.23. The van der Waals surface area contributed by atoms with E-state index in [1.165, 1.54) is 19.1 Å². The summed E-state index contributed by atoms with van der Waals surface area (Å²) in [6.45, 7) is 1.99. The molecule has 1 fully saturated rings. The van der Waals surface area contributed by atoms with Crippen LogP contribution in [0.2, 0.25) is 0 Å². The normalized spacial score (nSPS) is 16.2. The molecule has 0 saturated heterocycles. The van der Waals surface area contributed by atoms with Crippen molar-refractivity contribution in [2.24, 2.45) is 0 Å². The molecule has 2 heterocycles. The maximum atomic E-state index is 11.6. The van der Waals surface area contributed by atoms with Gasteiger partial charge in [-0.1, -0.05) is 12.8 Å². The van der Waals surface area contributed by atoms with E-state index < -0.39 is 9.84 Å². The Kier molecular flexibility index (Phi) is 3.49. The fraction of sp³-hybridized carbons (Fsp3) is 0.412. The lowest BCUT2D eigenvalue weighted by atomic mass is 10.2. The van der Waals surface area contributed by atoms with Gasteiger partial charge in [0, 0.05) is 11.8 Å².